The molecule has 0 unspecified atom stereocenters. The summed E-state index contributed by atoms with van der Waals surface area (Å²) in [5.74, 6) is 0.430. The lowest BCUT2D eigenvalue weighted by Crippen LogP contribution is -2.43. The Hall–Kier alpha value is -1.00. The molecule has 16 heavy (non-hydrogen) atoms. The fourth-order valence-electron chi connectivity index (χ4n) is 0.937. The van der Waals surface area contributed by atoms with Gasteiger partial charge in [-0.3, -0.25) is 0 Å². The molecule has 0 saturated heterocycles. The predicted molar refractivity (Wildman–Crippen MR) is 66.9 cm³/mol. The van der Waals surface area contributed by atoms with Gasteiger partial charge in [0, 0.05) is 11.7 Å². The number of anilines is 1. The summed E-state index contributed by atoms with van der Waals surface area (Å²) in [6.07, 6.45) is 1.52. The molecule has 0 spiro atoms. The standard InChI is InChI=1S/C11H18ClN3O/c1-11(2,15(3)4)7-16-10-9(13)5-8(12)6-14-10/h5-6H,7,13H2,1-4H3. The van der Waals surface area contributed by atoms with E-state index in [1.165, 1.54) is 6.20 Å². The Bertz CT molecular complexity index is 366. The van der Waals surface area contributed by atoms with Crippen molar-refractivity contribution in [2.75, 3.05) is 26.4 Å². The SMILES string of the molecule is CN(C)C(C)(C)COc1ncc(Cl)cc1N. The minimum Gasteiger partial charge on any atom is -0.474 e. The summed E-state index contributed by atoms with van der Waals surface area (Å²) in [4.78, 5) is 6.12. The van der Waals surface area contributed by atoms with Crippen LogP contribution in [-0.2, 0) is 0 Å². The third-order valence-corrected chi connectivity index (χ3v) is 2.82. The van der Waals surface area contributed by atoms with Crippen molar-refractivity contribution in [3.8, 4) is 5.88 Å². The van der Waals surface area contributed by atoms with Crippen LogP contribution in [0.2, 0.25) is 5.02 Å². The van der Waals surface area contributed by atoms with E-state index in [2.05, 4.69) is 23.7 Å². The molecule has 0 aromatic carbocycles. The molecule has 1 rings (SSSR count). The summed E-state index contributed by atoms with van der Waals surface area (Å²) in [6.45, 7) is 4.68. The lowest BCUT2D eigenvalue weighted by Gasteiger charge is -2.32. The Morgan fingerprint density at radius 3 is 2.62 bits per heavy atom. The summed E-state index contributed by atoms with van der Waals surface area (Å²) in [7, 11) is 4.00. The number of ether oxygens (including phenoxy) is 1. The van der Waals surface area contributed by atoms with E-state index in [-0.39, 0.29) is 5.54 Å². The Morgan fingerprint density at radius 1 is 1.50 bits per heavy atom. The Morgan fingerprint density at radius 2 is 2.12 bits per heavy atom. The lowest BCUT2D eigenvalue weighted by molar-refractivity contribution is 0.111. The third-order valence-electron chi connectivity index (χ3n) is 2.62. The second kappa shape index (κ2) is 4.89. The Balaban J connectivity index is 2.68. The maximum Gasteiger partial charge on any atom is 0.237 e. The number of aromatic nitrogens is 1. The van der Waals surface area contributed by atoms with Crippen LogP contribution in [0.15, 0.2) is 12.3 Å². The molecule has 0 aliphatic carbocycles. The smallest absolute Gasteiger partial charge is 0.237 e. The minimum atomic E-state index is -0.0756. The van der Waals surface area contributed by atoms with Crippen molar-refractivity contribution < 1.29 is 4.74 Å². The number of nitrogens with two attached hydrogens (primary N) is 1. The maximum absolute atomic E-state index is 5.75. The molecule has 0 fully saturated rings. The van der Waals surface area contributed by atoms with Crippen LogP contribution < -0.4 is 10.5 Å². The van der Waals surface area contributed by atoms with Crippen LogP contribution in [0.5, 0.6) is 5.88 Å². The molecule has 0 aliphatic rings. The number of rotatable bonds is 4. The topological polar surface area (TPSA) is 51.4 Å². The molecule has 0 aliphatic heterocycles. The van der Waals surface area contributed by atoms with Crippen LogP contribution in [0.3, 0.4) is 0 Å². The zero-order chi connectivity index (χ0) is 12.3. The van der Waals surface area contributed by atoms with Gasteiger partial charge in [-0.15, -0.1) is 0 Å². The van der Waals surface area contributed by atoms with Crippen molar-refractivity contribution in [2.45, 2.75) is 19.4 Å². The second-order valence-electron chi connectivity index (χ2n) is 4.54. The van der Waals surface area contributed by atoms with Crippen molar-refractivity contribution in [2.24, 2.45) is 0 Å². The van der Waals surface area contributed by atoms with Gasteiger partial charge in [-0.1, -0.05) is 11.6 Å². The van der Waals surface area contributed by atoms with Crippen molar-refractivity contribution in [3.63, 3.8) is 0 Å². The monoisotopic (exact) mass is 243 g/mol. The largest absolute Gasteiger partial charge is 0.474 e. The van der Waals surface area contributed by atoms with Gasteiger partial charge in [0.05, 0.1) is 10.7 Å². The molecule has 1 aromatic rings. The number of hydrogen-bond acceptors (Lipinski definition) is 4. The van der Waals surface area contributed by atoms with Crippen molar-refractivity contribution in [1.82, 2.24) is 9.88 Å². The summed E-state index contributed by atoms with van der Waals surface area (Å²) in [5, 5.41) is 0.511. The van der Waals surface area contributed by atoms with E-state index in [1.807, 2.05) is 14.1 Å². The van der Waals surface area contributed by atoms with Gasteiger partial charge in [-0.25, -0.2) is 4.98 Å². The highest BCUT2D eigenvalue weighted by Gasteiger charge is 2.22. The van der Waals surface area contributed by atoms with Gasteiger partial charge >= 0.3 is 0 Å². The average molecular weight is 244 g/mol. The van der Waals surface area contributed by atoms with Gasteiger partial charge in [0.25, 0.3) is 0 Å². The fraction of sp³-hybridized carbons (Fsp3) is 0.545. The molecule has 1 aromatic heterocycles. The summed E-state index contributed by atoms with van der Waals surface area (Å²) >= 11 is 5.75. The normalized spacial score (nSPS) is 11.9. The molecule has 90 valence electrons. The maximum atomic E-state index is 5.75. The van der Waals surface area contributed by atoms with Gasteiger partial charge in [-0.2, -0.15) is 0 Å². The summed E-state index contributed by atoms with van der Waals surface area (Å²) in [6, 6.07) is 1.63. The fourth-order valence-corrected chi connectivity index (χ4v) is 1.10. The zero-order valence-electron chi connectivity index (χ0n) is 10.1. The quantitative estimate of drug-likeness (QED) is 0.879. The lowest BCUT2D eigenvalue weighted by atomic mass is 10.1. The van der Waals surface area contributed by atoms with Gasteiger partial charge in [0.2, 0.25) is 5.88 Å². The first kappa shape index (κ1) is 13.1. The van der Waals surface area contributed by atoms with Crippen molar-refractivity contribution in [3.05, 3.63) is 17.3 Å². The van der Waals surface area contributed by atoms with Crippen LogP contribution in [0.25, 0.3) is 0 Å². The van der Waals surface area contributed by atoms with Crippen molar-refractivity contribution in [1.29, 1.82) is 0 Å². The highest BCUT2D eigenvalue weighted by atomic mass is 35.5. The van der Waals surface area contributed by atoms with E-state index in [4.69, 9.17) is 22.1 Å². The highest BCUT2D eigenvalue weighted by molar-refractivity contribution is 6.30. The molecule has 2 N–H and O–H groups in total. The Labute approximate surface area is 101 Å². The van der Waals surface area contributed by atoms with E-state index >= 15 is 0 Å². The molecule has 5 heteroatoms. The average Bonchev–Trinajstić information content (AvgIpc) is 2.16. The third kappa shape index (κ3) is 3.25. The van der Waals surface area contributed by atoms with Crippen LogP contribution in [0.4, 0.5) is 5.69 Å². The zero-order valence-corrected chi connectivity index (χ0v) is 10.9. The first-order valence-electron chi connectivity index (χ1n) is 5.04. The molecule has 0 saturated carbocycles. The number of pyridine rings is 1. The summed E-state index contributed by atoms with van der Waals surface area (Å²) in [5.41, 5.74) is 6.13. The molecule has 0 bridgehead atoms. The minimum absolute atomic E-state index is 0.0756. The van der Waals surface area contributed by atoms with Crippen LogP contribution in [0, 0.1) is 0 Å². The van der Waals surface area contributed by atoms with E-state index in [9.17, 15) is 0 Å². The number of nitrogen functional groups attached to an aromatic ring is 1. The van der Waals surface area contributed by atoms with Crippen LogP contribution >= 0.6 is 11.6 Å². The van der Waals surface area contributed by atoms with Crippen LogP contribution in [-0.4, -0.2) is 36.1 Å². The van der Waals surface area contributed by atoms with Gasteiger partial charge < -0.3 is 15.4 Å². The molecular weight excluding hydrogens is 226 g/mol. The number of nitrogens with zero attached hydrogens (tertiary/aromatic N) is 2. The van der Waals surface area contributed by atoms with Crippen molar-refractivity contribution >= 4 is 17.3 Å². The Kier molecular flexibility index (Phi) is 3.99. The van der Waals surface area contributed by atoms with Gasteiger partial charge in [-0.05, 0) is 34.0 Å². The van der Waals surface area contributed by atoms with Gasteiger partial charge in [0.15, 0.2) is 0 Å². The number of likely N-dealkylation sites (N-methyl/N-ethyl adjacent to an activating group) is 1. The molecule has 0 amide bonds. The number of halogens is 1. The summed E-state index contributed by atoms with van der Waals surface area (Å²) < 4.78 is 5.58. The first-order valence-corrected chi connectivity index (χ1v) is 5.42. The highest BCUT2D eigenvalue weighted by Crippen LogP contribution is 2.23. The molecule has 1 heterocycles. The predicted octanol–water partition coefficient (Wildman–Crippen LogP) is 2.04. The second-order valence-corrected chi connectivity index (χ2v) is 4.98. The molecule has 0 radical (unpaired) electrons. The first-order chi connectivity index (χ1) is 7.33. The van der Waals surface area contributed by atoms with E-state index in [0.717, 1.165) is 0 Å². The van der Waals surface area contributed by atoms with E-state index in [0.29, 0.717) is 23.2 Å². The van der Waals surface area contributed by atoms with Crippen LogP contribution in [0.1, 0.15) is 13.8 Å². The number of hydrogen-bond donors (Lipinski definition) is 1. The van der Waals surface area contributed by atoms with E-state index in [1.54, 1.807) is 6.07 Å². The molecule has 4 nitrogen and oxygen atoms in total. The molecular formula is C11H18ClN3O. The molecule has 0 atom stereocenters. The van der Waals surface area contributed by atoms with Gasteiger partial charge in [0.1, 0.15) is 6.61 Å². The van der Waals surface area contributed by atoms with E-state index < -0.39 is 0 Å².